The lowest BCUT2D eigenvalue weighted by Gasteiger charge is -2.38. The van der Waals surface area contributed by atoms with E-state index in [1.807, 2.05) is 0 Å². The highest BCUT2D eigenvalue weighted by molar-refractivity contribution is 7.13. The van der Waals surface area contributed by atoms with Gasteiger partial charge in [0.2, 0.25) is 28.9 Å². The van der Waals surface area contributed by atoms with Gasteiger partial charge in [-0.3, -0.25) is 19.2 Å². The zero-order chi connectivity index (χ0) is 35.6. The van der Waals surface area contributed by atoms with Crippen LogP contribution in [-0.2, 0) is 14.4 Å². The first-order valence-corrected chi connectivity index (χ1v) is 16.1. The van der Waals surface area contributed by atoms with Crippen LogP contribution >= 0.6 is 22.9 Å². The zero-order valence-electron chi connectivity index (χ0n) is 27.4. The van der Waals surface area contributed by atoms with Crippen LogP contribution in [0.3, 0.4) is 0 Å². The first kappa shape index (κ1) is 35.3. The third-order valence-corrected chi connectivity index (χ3v) is 9.51. The number of anilines is 1. The van der Waals surface area contributed by atoms with Gasteiger partial charge in [-0.15, -0.1) is 11.3 Å². The molecule has 5 rings (SSSR count). The van der Waals surface area contributed by atoms with Gasteiger partial charge in [0.25, 0.3) is 0 Å². The number of fused-ring (bicyclic) bond motifs is 1. The molecular formula is C33H34ClN3O11S. The Bertz CT molecular complexity index is 1820. The van der Waals surface area contributed by atoms with Crippen molar-refractivity contribution in [3.63, 3.8) is 0 Å². The Hall–Kier alpha value is -5.02. The number of hydrogen-bond acceptors (Lipinski definition) is 13. The van der Waals surface area contributed by atoms with Crippen LogP contribution in [0.2, 0.25) is 5.02 Å². The molecule has 1 aliphatic heterocycles. The summed E-state index contributed by atoms with van der Waals surface area (Å²) in [5.41, 5.74) is -2.08. The van der Waals surface area contributed by atoms with Crippen LogP contribution in [0.25, 0.3) is 0 Å². The van der Waals surface area contributed by atoms with Gasteiger partial charge in [-0.1, -0.05) is 18.5 Å². The number of ether oxygens (including phenoxy) is 6. The van der Waals surface area contributed by atoms with Crippen molar-refractivity contribution in [2.75, 3.05) is 47.4 Å². The maximum absolute atomic E-state index is 14.4. The molecule has 0 bridgehead atoms. The first-order valence-electron chi connectivity index (χ1n) is 14.9. The number of aliphatic hydroxyl groups excluding tert-OH is 1. The summed E-state index contributed by atoms with van der Waals surface area (Å²) in [7, 11) is 6.95. The first-order chi connectivity index (χ1) is 23.4. The average Bonchev–Trinajstić information content (AvgIpc) is 3.72. The molecule has 3 aromatic rings. The molecule has 0 saturated heterocycles. The number of carbonyl (C=O) groups excluding carboxylic acids is 4. The number of allylic oxidation sites excluding steroid dienone is 1. The molecule has 260 valence electrons. The average molecular weight is 716 g/mol. The number of benzene rings is 2. The number of carbonyl (C=O) groups is 4. The number of nitrogens with zero attached hydrogens (tertiary/aromatic N) is 1. The van der Waals surface area contributed by atoms with Crippen molar-refractivity contribution in [2.45, 2.75) is 31.3 Å². The number of nitrogens with one attached hydrogen (secondary N) is 2. The maximum atomic E-state index is 14.4. The van der Waals surface area contributed by atoms with Gasteiger partial charge in [-0.05, 0) is 17.7 Å². The van der Waals surface area contributed by atoms with E-state index in [9.17, 15) is 24.3 Å². The van der Waals surface area contributed by atoms with Crippen molar-refractivity contribution in [1.82, 2.24) is 10.3 Å². The molecule has 2 aliphatic rings. The minimum atomic E-state index is -2.10. The third kappa shape index (κ3) is 6.19. The summed E-state index contributed by atoms with van der Waals surface area (Å²) in [5.74, 6) is -4.33. The fraction of sp³-hybridized carbons (Fsp3) is 0.364. The van der Waals surface area contributed by atoms with Gasteiger partial charge in [-0.2, -0.15) is 0 Å². The second kappa shape index (κ2) is 14.2. The van der Waals surface area contributed by atoms with E-state index in [0.717, 1.165) is 0 Å². The number of ketones is 2. The number of aromatic nitrogens is 1. The summed E-state index contributed by atoms with van der Waals surface area (Å²) in [4.78, 5) is 58.3. The Labute approximate surface area is 290 Å². The molecule has 0 saturated carbocycles. The number of hydrogen-bond donors (Lipinski definition) is 3. The smallest absolute Gasteiger partial charge is 0.245 e. The van der Waals surface area contributed by atoms with Crippen LogP contribution in [0.4, 0.5) is 5.13 Å². The number of thiazole rings is 1. The van der Waals surface area contributed by atoms with Gasteiger partial charge >= 0.3 is 0 Å². The van der Waals surface area contributed by atoms with Gasteiger partial charge < -0.3 is 44.2 Å². The standard InChI is InChI=1S/C33H34ClN3O11S/c1-15-9-18(38)25(30(41)33(15)31(42)26-19(43-2)13-20(44-3)27(34)29(26)48-33)17(16-10-21(45-4)28(47-6)22(11-16)46-5)12-23(39)36-14-24(40)37-32-35-7-8-49-32/h7-8,10-11,13,15,17,41H,9,12,14H2,1-6H3,(H,36,39)(H,35,37,40). The largest absolute Gasteiger partial charge is 0.507 e. The van der Waals surface area contributed by atoms with Crippen LogP contribution in [0.1, 0.15) is 41.6 Å². The van der Waals surface area contributed by atoms with E-state index in [-0.39, 0.29) is 57.1 Å². The van der Waals surface area contributed by atoms with Gasteiger partial charge in [0, 0.05) is 47.9 Å². The maximum Gasteiger partial charge on any atom is 0.245 e. The van der Waals surface area contributed by atoms with E-state index in [4.69, 9.17) is 40.0 Å². The molecule has 1 aliphatic carbocycles. The molecule has 3 unspecified atom stereocenters. The van der Waals surface area contributed by atoms with E-state index in [1.165, 1.54) is 71.3 Å². The van der Waals surface area contributed by atoms with Crippen LogP contribution in [0.15, 0.2) is 41.1 Å². The molecule has 14 nitrogen and oxygen atoms in total. The zero-order valence-corrected chi connectivity index (χ0v) is 29.0. The van der Waals surface area contributed by atoms with Crippen molar-refractivity contribution in [2.24, 2.45) is 5.92 Å². The Morgan fingerprint density at radius 1 is 1.02 bits per heavy atom. The predicted octanol–water partition coefficient (Wildman–Crippen LogP) is 4.50. The van der Waals surface area contributed by atoms with E-state index in [1.54, 1.807) is 12.3 Å². The fourth-order valence-electron chi connectivity index (χ4n) is 6.11. The summed E-state index contributed by atoms with van der Waals surface area (Å²) in [6, 6.07) is 4.49. The second-order valence-electron chi connectivity index (χ2n) is 11.1. The highest BCUT2D eigenvalue weighted by Crippen LogP contribution is 2.56. The number of Topliss-reactive ketones (excluding diaryl/α,β-unsaturated/α-hetero) is 2. The summed E-state index contributed by atoms with van der Waals surface area (Å²) in [6.07, 6.45) is 0.834. The Balaban J connectivity index is 1.63. The lowest BCUT2D eigenvalue weighted by molar-refractivity contribution is -0.124. The Kier molecular flexibility index (Phi) is 10.2. The van der Waals surface area contributed by atoms with E-state index in [0.29, 0.717) is 10.7 Å². The molecule has 16 heteroatoms. The second-order valence-corrected chi connectivity index (χ2v) is 12.4. The monoisotopic (exact) mass is 715 g/mol. The number of halogens is 1. The van der Waals surface area contributed by atoms with Crippen molar-refractivity contribution in [1.29, 1.82) is 0 Å². The van der Waals surface area contributed by atoms with Gasteiger partial charge in [0.1, 0.15) is 22.1 Å². The Morgan fingerprint density at radius 3 is 2.24 bits per heavy atom. The summed E-state index contributed by atoms with van der Waals surface area (Å²) < 4.78 is 33.6. The Morgan fingerprint density at radius 2 is 1.67 bits per heavy atom. The molecule has 2 amide bonds. The highest BCUT2D eigenvalue weighted by Gasteiger charge is 2.61. The van der Waals surface area contributed by atoms with Crippen LogP contribution in [0, 0.1) is 5.92 Å². The number of aliphatic hydroxyl groups is 1. The number of rotatable bonds is 12. The van der Waals surface area contributed by atoms with Gasteiger partial charge in [0.05, 0.1) is 42.1 Å². The quantitative estimate of drug-likeness (QED) is 0.239. The van der Waals surface area contributed by atoms with E-state index < -0.39 is 59.5 Å². The van der Waals surface area contributed by atoms with Crippen LogP contribution < -0.4 is 39.1 Å². The summed E-state index contributed by atoms with van der Waals surface area (Å²) >= 11 is 7.80. The topological polar surface area (TPSA) is 181 Å². The molecule has 1 spiro atoms. The molecule has 1 aromatic heterocycles. The number of methoxy groups -OCH3 is 5. The molecule has 0 radical (unpaired) electrons. The fourth-order valence-corrected chi connectivity index (χ4v) is 6.92. The van der Waals surface area contributed by atoms with Crippen molar-refractivity contribution in [3.8, 4) is 34.5 Å². The molecule has 2 aromatic carbocycles. The van der Waals surface area contributed by atoms with Crippen molar-refractivity contribution in [3.05, 3.63) is 57.3 Å². The SMILES string of the molecule is COc1cc(OC)c2c(c1Cl)OC1(C2=O)C(O)=C(C(CC(=O)NCC(=O)Nc2nccs2)c2cc(OC)c(OC)c(OC)c2)C(=O)CC1C. The predicted molar refractivity (Wildman–Crippen MR) is 178 cm³/mol. The minimum Gasteiger partial charge on any atom is -0.507 e. The van der Waals surface area contributed by atoms with Crippen LogP contribution in [-0.4, -0.2) is 81.2 Å². The number of amides is 2. The molecular weight excluding hydrogens is 682 g/mol. The molecule has 3 atom stereocenters. The lowest BCUT2D eigenvalue weighted by Crippen LogP contribution is -2.53. The minimum absolute atomic E-state index is 0.0291. The molecule has 49 heavy (non-hydrogen) atoms. The molecule has 3 N–H and O–H groups in total. The lowest BCUT2D eigenvalue weighted by atomic mass is 9.69. The molecule has 2 heterocycles. The van der Waals surface area contributed by atoms with Gasteiger partial charge in [0.15, 0.2) is 33.9 Å². The van der Waals surface area contributed by atoms with Crippen LogP contribution in [0.5, 0.6) is 34.5 Å². The summed E-state index contributed by atoms with van der Waals surface area (Å²) in [6.45, 7) is 1.19. The normalized spacial score (nSPS) is 18.8. The van der Waals surface area contributed by atoms with E-state index >= 15 is 0 Å². The van der Waals surface area contributed by atoms with Gasteiger partial charge in [-0.25, -0.2) is 4.98 Å². The summed E-state index contributed by atoms with van der Waals surface area (Å²) in [5, 5.41) is 19.3. The van der Waals surface area contributed by atoms with Crippen molar-refractivity contribution >= 4 is 51.5 Å². The van der Waals surface area contributed by atoms with E-state index in [2.05, 4.69) is 15.6 Å². The third-order valence-electron chi connectivity index (χ3n) is 8.46. The van der Waals surface area contributed by atoms with Crippen molar-refractivity contribution < 1.29 is 52.7 Å². The highest BCUT2D eigenvalue weighted by atomic mass is 35.5. The molecule has 0 fully saturated rings.